The molecule has 20 heavy (non-hydrogen) atoms. The number of sulfonamides is 1. The van der Waals surface area contributed by atoms with Gasteiger partial charge in [0.25, 0.3) is 10.0 Å². The minimum atomic E-state index is -3.38. The summed E-state index contributed by atoms with van der Waals surface area (Å²) >= 11 is 0. The zero-order valence-electron chi connectivity index (χ0n) is 12.3. The molecule has 2 atom stereocenters. The Morgan fingerprint density at radius 2 is 1.85 bits per heavy atom. The van der Waals surface area contributed by atoms with E-state index < -0.39 is 20.9 Å². The first-order chi connectivity index (χ1) is 9.50. The molecule has 3 rings (SSSR count). The summed E-state index contributed by atoms with van der Waals surface area (Å²) < 4.78 is 34.9. The van der Waals surface area contributed by atoms with Gasteiger partial charge in [-0.25, -0.2) is 8.42 Å². The summed E-state index contributed by atoms with van der Waals surface area (Å²) in [5.74, 6) is 1.04. The van der Waals surface area contributed by atoms with Crippen LogP contribution in [0.1, 0.15) is 71.1 Å². The van der Waals surface area contributed by atoms with E-state index >= 15 is 0 Å². The Hall–Kier alpha value is -0.580. The smallest absolute Gasteiger partial charge is 0.262 e. The van der Waals surface area contributed by atoms with Gasteiger partial charge in [0.2, 0.25) is 5.90 Å². The van der Waals surface area contributed by atoms with Crippen molar-refractivity contribution in [2.45, 2.75) is 82.0 Å². The number of rotatable bonds is 2. The van der Waals surface area contributed by atoms with Crippen molar-refractivity contribution in [1.29, 1.82) is 0 Å². The maximum atomic E-state index is 12.4. The normalized spacial score (nSPS) is 37.6. The fourth-order valence-electron chi connectivity index (χ4n) is 4.06. The highest BCUT2D eigenvalue weighted by Crippen LogP contribution is 2.40. The van der Waals surface area contributed by atoms with Gasteiger partial charge in [-0.2, -0.15) is 0 Å². The van der Waals surface area contributed by atoms with Crippen LogP contribution in [0.4, 0.5) is 0 Å². The first kappa shape index (κ1) is 14.4. The minimum Gasteiger partial charge on any atom is -0.472 e. The monoisotopic (exact) mass is 299 g/mol. The van der Waals surface area contributed by atoms with E-state index in [4.69, 9.17) is 4.74 Å². The van der Waals surface area contributed by atoms with Crippen LogP contribution in [0.25, 0.3) is 0 Å². The molecule has 0 saturated heterocycles. The van der Waals surface area contributed by atoms with E-state index in [0.717, 1.165) is 19.3 Å². The molecule has 1 aliphatic heterocycles. The van der Waals surface area contributed by atoms with Gasteiger partial charge in [0.05, 0.1) is 0 Å². The average Bonchev–Trinajstić information content (AvgIpc) is 2.38. The summed E-state index contributed by atoms with van der Waals surface area (Å²) in [6, 6.07) is 0. The van der Waals surface area contributed by atoms with Gasteiger partial charge in [-0.1, -0.05) is 25.7 Å². The summed E-state index contributed by atoms with van der Waals surface area (Å²) in [4.78, 5) is 0. The van der Waals surface area contributed by atoms with Gasteiger partial charge >= 0.3 is 0 Å². The van der Waals surface area contributed by atoms with Crippen LogP contribution in [-0.4, -0.2) is 25.2 Å². The molecule has 2 saturated carbocycles. The lowest BCUT2D eigenvalue weighted by Gasteiger charge is -2.43. The van der Waals surface area contributed by atoms with E-state index in [1.807, 2.05) is 6.92 Å². The second kappa shape index (κ2) is 5.32. The van der Waals surface area contributed by atoms with Crippen LogP contribution in [0.15, 0.2) is 4.40 Å². The topological polar surface area (TPSA) is 55.7 Å². The molecule has 0 aromatic heterocycles. The molecule has 1 heterocycles. The molecule has 0 amide bonds. The van der Waals surface area contributed by atoms with Crippen LogP contribution < -0.4 is 0 Å². The summed E-state index contributed by atoms with van der Waals surface area (Å²) in [5.41, 5.74) is -0.539. The minimum absolute atomic E-state index is 0.432. The lowest BCUT2D eigenvalue weighted by molar-refractivity contribution is 0.0313. The van der Waals surface area contributed by atoms with Crippen LogP contribution in [0, 0.1) is 5.92 Å². The Morgan fingerprint density at radius 1 is 1.15 bits per heavy atom. The lowest BCUT2D eigenvalue weighted by Crippen LogP contribution is -2.52. The predicted molar refractivity (Wildman–Crippen MR) is 79.3 cm³/mol. The first-order valence-electron chi connectivity index (χ1n) is 8.01. The summed E-state index contributed by atoms with van der Waals surface area (Å²) in [6.45, 7) is 1.96. The van der Waals surface area contributed by atoms with Crippen molar-refractivity contribution in [2.75, 3.05) is 0 Å². The van der Waals surface area contributed by atoms with E-state index in [1.54, 1.807) is 0 Å². The highest BCUT2D eigenvalue weighted by molar-refractivity contribution is 7.91. The summed E-state index contributed by atoms with van der Waals surface area (Å²) in [7, 11) is -3.38. The van der Waals surface area contributed by atoms with Gasteiger partial charge in [0.15, 0.2) is 0 Å². The van der Waals surface area contributed by atoms with Crippen molar-refractivity contribution < 1.29 is 13.2 Å². The Bertz CT molecular complexity index is 493. The quantitative estimate of drug-likeness (QED) is 0.785. The standard InChI is InChI=1S/C15H25NO3S/c1-15-10-6-5-9-13(15)20(17,18)16-14(19-15)11-12-7-3-2-4-8-12/h12-13H,2-11H2,1H3. The summed E-state index contributed by atoms with van der Waals surface area (Å²) in [6.07, 6.45) is 10.4. The average molecular weight is 299 g/mol. The van der Waals surface area contributed by atoms with E-state index in [9.17, 15) is 8.42 Å². The van der Waals surface area contributed by atoms with Gasteiger partial charge in [-0.3, -0.25) is 0 Å². The number of hydrogen-bond donors (Lipinski definition) is 0. The van der Waals surface area contributed by atoms with Crippen LogP contribution in [-0.2, 0) is 14.8 Å². The van der Waals surface area contributed by atoms with Gasteiger partial charge < -0.3 is 4.74 Å². The SMILES string of the molecule is CC12CCCCC1S(=O)(=O)N=C(CC1CCCCC1)O2. The van der Waals surface area contributed by atoms with Gasteiger partial charge in [-0.05, 0) is 44.9 Å². The van der Waals surface area contributed by atoms with Crippen LogP contribution in [0.2, 0.25) is 0 Å². The Morgan fingerprint density at radius 3 is 2.60 bits per heavy atom. The van der Waals surface area contributed by atoms with Crippen molar-refractivity contribution in [3.05, 3.63) is 0 Å². The molecule has 2 aliphatic carbocycles. The van der Waals surface area contributed by atoms with Crippen LogP contribution in [0.3, 0.4) is 0 Å². The molecule has 0 aromatic carbocycles. The maximum Gasteiger partial charge on any atom is 0.262 e. The van der Waals surface area contributed by atoms with E-state index in [1.165, 1.54) is 32.1 Å². The molecule has 0 spiro atoms. The van der Waals surface area contributed by atoms with E-state index in [-0.39, 0.29) is 0 Å². The Balaban J connectivity index is 1.79. The third-order valence-corrected chi connectivity index (χ3v) is 7.11. The number of fused-ring (bicyclic) bond motifs is 1. The van der Waals surface area contributed by atoms with Crippen molar-refractivity contribution in [3.8, 4) is 0 Å². The maximum absolute atomic E-state index is 12.4. The van der Waals surface area contributed by atoms with Crippen molar-refractivity contribution >= 4 is 15.9 Å². The predicted octanol–water partition coefficient (Wildman–Crippen LogP) is 3.42. The molecule has 0 aromatic rings. The molecule has 5 heteroatoms. The zero-order valence-corrected chi connectivity index (χ0v) is 13.1. The van der Waals surface area contributed by atoms with Crippen molar-refractivity contribution in [2.24, 2.45) is 10.3 Å². The van der Waals surface area contributed by atoms with E-state index in [2.05, 4.69) is 4.40 Å². The molecular weight excluding hydrogens is 274 g/mol. The molecule has 114 valence electrons. The zero-order chi connectivity index (χ0) is 14.2. The second-order valence-electron chi connectivity index (χ2n) is 6.86. The van der Waals surface area contributed by atoms with Crippen LogP contribution >= 0.6 is 0 Å². The van der Waals surface area contributed by atoms with Crippen molar-refractivity contribution in [3.63, 3.8) is 0 Å². The van der Waals surface area contributed by atoms with Gasteiger partial charge in [0.1, 0.15) is 10.9 Å². The third-order valence-electron chi connectivity index (χ3n) is 5.20. The first-order valence-corrected chi connectivity index (χ1v) is 9.52. The number of nitrogens with zero attached hydrogens (tertiary/aromatic N) is 1. The van der Waals surface area contributed by atoms with Gasteiger partial charge in [-0.15, -0.1) is 4.40 Å². The summed E-state index contributed by atoms with van der Waals surface area (Å²) in [5, 5.41) is -0.432. The molecule has 0 bridgehead atoms. The Kier molecular flexibility index (Phi) is 3.82. The highest BCUT2D eigenvalue weighted by Gasteiger charge is 2.50. The lowest BCUT2D eigenvalue weighted by atomic mass is 9.84. The number of ether oxygens (including phenoxy) is 1. The largest absolute Gasteiger partial charge is 0.472 e. The number of hydrogen-bond acceptors (Lipinski definition) is 3. The molecule has 2 fully saturated rings. The highest BCUT2D eigenvalue weighted by atomic mass is 32.2. The van der Waals surface area contributed by atoms with Crippen molar-refractivity contribution in [1.82, 2.24) is 0 Å². The third kappa shape index (κ3) is 2.74. The second-order valence-corrected chi connectivity index (χ2v) is 8.64. The molecule has 3 aliphatic rings. The molecule has 2 unspecified atom stereocenters. The molecular formula is C15H25NO3S. The molecule has 4 nitrogen and oxygen atoms in total. The van der Waals surface area contributed by atoms with Crippen LogP contribution in [0.5, 0.6) is 0 Å². The fraction of sp³-hybridized carbons (Fsp3) is 0.933. The molecule has 0 radical (unpaired) electrons. The van der Waals surface area contributed by atoms with E-state index in [0.29, 0.717) is 24.7 Å². The fourth-order valence-corrected chi connectivity index (χ4v) is 5.85. The Labute approximate surface area is 122 Å². The van der Waals surface area contributed by atoms with Gasteiger partial charge in [0, 0.05) is 6.42 Å². The molecule has 0 N–H and O–H groups in total.